The van der Waals surface area contributed by atoms with Gasteiger partial charge >= 0.3 is 5.97 Å². The first-order valence-corrected chi connectivity index (χ1v) is 4.91. The lowest BCUT2D eigenvalue weighted by Gasteiger charge is -2.20. The van der Waals surface area contributed by atoms with Crippen LogP contribution >= 0.6 is 0 Å². The van der Waals surface area contributed by atoms with Gasteiger partial charge in [-0.1, -0.05) is 0 Å². The summed E-state index contributed by atoms with van der Waals surface area (Å²) >= 11 is 0. The molecule has 0 saturated heterocycles. The van der Waals surface area contributed by atoms with Crippen LogP contribution in [0.2, 0.25) is 0 Å². The van der Waals surface area contributed by atoms with Gasteiger partial charge in [-0.05, 0) is 23.8 Å². The molecule has 0 bridgehead atoms. The molecule has 5 heteroatoms. The molecule has 5 nitrogen and oxygen atoms in total. The topological polar surface area (TPSA) is 83.6 Å². The molecule has 1 aliphatic rings. The van der Waals surface area contributed by atoms with Crippen molar-refractivity contribution in [1.29, 1.82) is 0 Å². The Morgan fingerprint density at radius 3 is 2.75 bits per heavy atom. The molecular formula is C11H12N2O3. The number of carboxylic acids is 1. The van der Waals surface area contributed by atoms with Crippen LogP contribution in [0.25, 0.3) is 0 Å². The Bertz CT molecular complexity index is 470. The quantitative estimate of drug-likeness (QED) is 0.680. The summed E-state index contributed by atoms with van der Waals surface area (Å²) in [7, 11) is 0. The molecule has 1 aromatic rings. The first kappa shape index (κ1) is 10.5. The van der Waals surface area contributed by atoms with Gasteiger partial charge in [0.1, 0.15) is 6.04 Å². The highest BCUT2D eigenvalue weighted by Gasteiger charge is 2.36. The van der Waals surface area contributed by atoms with E-state index in [0.29, 0.717) is 17.8 Å². The largest absolute Gasteiger partial charge is 0.480 e. The minimum absolute atomic E-state index is 0.268. The Labute approximate surface area is 92.5 Å². The number of hydrogen-bond donors (Lipinski definition) is 2. The summed E-state index contributed by atoms with van der Waals surface area (Å²) in [5.74, 6) is -1.26. The van der Waals surface area contributed by atoms with Crippen molar-refractivity contribution in [3.8, 4) is 0 Å². The SMILES string of the molecule is CC(=O)N1c2ccc(N)cc2C[C@H]1C(=O)O. The molecule has 0 unspecified atom stereocenters. The highest BCUT2D eigenvalue weighted by atomic mass is 16.4. The molecule has 1 amide bonds. The minimum atomic E-state index is -0.995. The van der Waals surface area contributed by atoms with Crippen molar-refractivity contribution in [3.05, 3.63) is 23.8 Å². The number of nitrogen functional groups attached to an aromatic ring is 1. The Morgan fingerprint density at radius 2 is 2.19 bits per heavy atom. The molecule has 1 heterocycles. The Balaban J connectivity index is 2.49. The summed E-state index contributed by atoms with van der Waals surface area (Å²) in [6, 6.07) is 4.26. The number of benzene rings is 1. The van der Waals surface area contributed by atoms with Gasteiger partial charge in [0, 0.05) is 24.7 Å². The average molecular weight is 220 g/mol. The van der Waals surface area contributed by atoms with Crippen molar-refractivity contribution in [1.82, 2.24) is 0 Å². The second-order valence-corrected chi connectivity index (χ2v) is 3.84. The summed E-state index contributed by atoms with van der Waals surface area (Å²) in [6.45, 7) is 1.36. The van der Waals surface area contributed by atoms with Gasteiger partial charge in [-0.2, -0.15) is 0 Å². The van der Waals surface area contributed by atoms with Gasteiger partial charge in [-0.3, -0.25) is 9.69 Å². The van der Waals surface area contributed by atoms with Crippen molar-refractivity contribution in [2.75, 3.05) is 10.6 Å². The predicted molar refractivity (Wildman–Crippen MR) is 59.1 cm³/mol. The van der Waals surface area contributed by atoms with Crippen LogP contribution < -0.4 is 10.6 Å². The van der Waals surface area contributed by atoms with Crippen LogP contribution in [-0.4, -0.2) is 23.0 Å². The lowest BCUT2D eigenvalue weighted by molar-refractivity contribution is -0.139. The standard InChI is InChI=1S/C11H12N2O3/c1-6(14)13-9-3-2-8(12)4-7(9)5-10(13)11(15)16/h2-4,10H,5,12H2,1H3,(H,15,16)/t10-/m0/s1. The van der Waals surface area contributed by atoms with E-state index in [-0.39, 0.29) is 5.91 Å². The molecule has 84 valence electrons. The number of nitrogens with zero attached hydrogens (tertiary/aromatic N) is 1. The second kappa shape index (κ2) is 3.52. The van der Waals surface area contributed by atoms with Gasteiger partial charge in [-0.25, -0.2) is 4.79 Å². The van der Waals surface area contributed by atoms with E-state index in [1.807, 2.05) is 0 Å². The van der Waals surface area contributed by atoms with Crippen molar-refractivity contribution in [3.63, 3.8) is 0 Å². The maximum atomic E-state index is 11.4. The molecule has 16 heavy (non-hydrogen) atoms. The maximum Gasteiger partial charge on any atom is 0.327 e. The molecule has 0 aromatic heterocycles. The Hall–Kier alpha value is -2.04. The summed E-state index contributed by atoms with van der Waals surface area (Å²) < 4.78 is 0. The zero-order valence-electron chi connectivity index (χ0n) is 8.80. The van der Waals surface area contributed by atoms with Crippen molar-refractivity contribution in [2.45, 2.75) is 19.4 Å². The lowest BCUT2D eigenvalue weighted by atomic mass is 10.1. The highest BCUT2D eigenvalue weighted by Crippen LogP contribution is 2.33. The molecule has 1 atom stereocenters. The number of aliphatic carboxylic acids is 1. The van der Waals surface area contributed by atoms with Crippen molar-refractivity contribution >= 4 is 23.3 Å². The summed E-state index contributed by atoms with van der Waals surface area (Å²) in [5.41, 5.74) is 7.66. The minimum Gasteiger partial charge on any atom is -0.480 e. The Kier molecular flexibility index (Phi) is 2.30. The maximum absolute atomic E-state index is 11.4. The van der Waals surface area contributed by atoms with Gasteiger partial charge < -0.3 is 10.8 Å². The van der Waals surface area contributed by atoms with Crippen LogP contribution in [0.5, 0.6) is 0 Å². The molecule has 0 radical (unpaired) electrons. The molecule has 0 saturated carbocycles. The van der Waals surface area contributed by atoms with E-state index >= 15 is 0 Å². The van der Waals surface area contributed by atoms with E-state index in [0.717, 1.165) is 5.56 Å². The monoisotopic (exact) mass is 220 g/mol. The molecule has 0 spiro atoms. The zero-order valence-corrected chi connectivity index (χ0v) is 8.80. The molecule has 2 rings (SSSR count). The number of carbonyl (C=O) groups excluding carboxylic acids is 1. The third kappa shape index (κ3) is 1.50. The molecular weight excluding hydrogens is 208 g/mol. The van der Waals surface area contributed by atoms with Crippen LogP contribution in [0.3, 0.4) is 0 Å². The van der Waals surface area contributed by atoms with E-state index in [4.69, 9.17) is 10.8 Å². The zero-order chi connectivity index (χ0) is 11.9. The second-order valence-electron chi connectivity index (χ2n) is 3.84. The molecule has 0 aliphatic carbocycles. The number of anilines is 2. The number of amides is 1. The fraction of sp³-hybridized carbons (Fsp3) is 0.273. The first-order valence-electron chi connectivity index (χ1n) is 4.91. The molecule has 1 aromatic carbocycles. The van der Waals surface area contributed by atoms with E-state index in [9.17, 15) is 9.59 Å². The van der Waals surface area contributed by atoms with E-state index in [1.54, 1.807) is 18.2 Å². The van der Waals surface area contributed by atoms with Gasteiger partial charge in [0.2, 0.25) is 5.91 Å². The predicted octanol–water partition coefficient (Wildman–Crippen LogP) is 0.631. The number of fused-ring (bicyclic) bond motifs is 1. The van der Waals surface area contributed by atoms with E-state index in [2.05, 4.69) is 0 Å². The van der Waals surface area contributed by atoms with Gasteiger partial charge in [-0.15, -0.1) is 0 Å². The number of carbonyl (C=O) groups is 2. The van der Waals surface area contributed by atoms with E-state index in [1.165, 1.54) is 11.8 Å². The number of nitrogens with two attached hydrogens (primary N) is 1. The number of hydrogen-bond acceptors (Lipinski definition) is 3. The van der Waals surface area contributed by atoms with Crippen molar-refractivity contribution in [2.24, 2.45) is 0 Å². The fourth-order valence-electron chi connectivity index (χ4n) is 2.06. The summed E-state index contributed by atoms with van der Waals surface area (Å²) in [4.78, 5) is 23.8. The van der Waals surface area contributed by atoms with Crippen LogP contribution in [-0.2, 0) is 16.0 Å². The van der Waals surface area contributed by atoms with E-state index < -0.39 is 12.0 Å². The smallest absolute Gasteiger partial charge is 0.327 e. The fourth-order valence-corrected chi connectivity index (χ4v) is 2.06. The molecule has 3 N–H and O–H groups in total. The van der Waals surface area contributed by atoms with Gasteiger partial charge in [0.25, 0.3) is 0 Å². The van der Waals surface area contributed by atoms with Crippen LogP contribution in [0.1, 0.15) is 12.5 Å². The normalized spacial score (nSPS) is 18.3. The average Bonchev–Trinajstić information content (AvgIpc) is 2.55. The molecule has 0 fully saturated rings. The van der Waals surface area contributed by atoms with Crippen molar-refractivity contribution < 1.29 is 14.7 Å². The highest BCUT2D eigenvalue weighted by molar-refractivity contribution is 6.00. The van der Waals surface area contributed by atoms with Gasteiger partial charge in [0.05, 0.1) is 0 Å². The van der Waals surface area contributed by atoms with Crippen LogP contribution in [0, 0.1) is 0 Å². The Morgan fingerprint density at radius 1 is 1.50 bits per heavy atom. The third-order valence-electron chi connectivity index (χ3n) is 2.71. The first-order chi connectivity index (χ1) is 7.50. The lowest BCUT2D eigenvalue weighted by Crippen LogP contribution is -2.41. The summed E-state index contributed by atoms with van der Waals surface area (Å²) in [5, 5.41) is 9.05. The third-order valence-corrected chi connectivity index (χ3v) is 2.71. The summed E-state index contributed by atoms with van der Waals surface area (Å²) in [6.07, 6.45) is 0.315. The van der Waals surface area contributed by atoms with Crippen LogP contribution in [0.15, 0.2) is 18.2 Å². The van der Waals surface area contributed by atoms with Gasteiger partial charge in [0.15, 0.2) is 0 Å². The molecule has 1 aliphatic heterocycles. The van der Waals surface area contributed by atoms with Crippen LogP contribution in [0.4, 0.5) is 11.4 Å². The number of rotatable bonds is 1. The number of carboxylic acid groups (broad SMARTS) is 1.